The summed E-state index contributed by atoms with van der Waals surface area (Å²) in [5.74, 6) is 0. The van der Waals surface area contributed by atoms with E-state index in [1.807, 2.05) is 0 Å². The number of hydrogen-bond acceptors (Lipinski definition) is 4. The zero-order valence-electron chi connectivity index (χ0n) is 14.1. The van der Waals surface area contributed by atoms with Crippen molar-refractivity contribution in [1.29, 1.82) is 0 Å². The van der Waals surface area contributed by atoms with Gasteiger partial charge in [0.15, 0.2) is 0 Å². The summed E-state index contributed by atoms with van der Waals surface area (Å²) in [5, 5.41) is 0. The highest BCUT2D eigenvalue weighted by Gasteiger charge is 2.16. The fourth-order valence-electron chi connectivity index (χ4n) is 2.17. The van der Waals surface area contributed by atoms with E-state index in [0.717, 1.165) is 38.5 Å². The van der Waals surface area contributed by atoms with Crippen molar-refractivity contribution in [3.63, 3.8) is 0 Å². The Morgan fingerprint density at radius 1 is 0.810 bits per heavy atom. The molecule has 1 atom stereocenters. The summed E-state index contributed by atoms with van der Waals surface area (Å²) >= 11 is 0. The molecule has 0 amide bonds. The fourth-order valence-corrected chi connectivity index (χ4v) is 3.04. The number of hydrogen-bond donors (Lipinski definition) is 0. The molecule has 0 saturated heterocycles. The standard InChI is InChI=1S/C16H34O4S/c1-4-6-8-9-10-11-12-13-15-19-21(17,18)20-16(3)14-7-5-2/h16H,4-15H2,1-3H3. The molecule has 0 aliphatic rings. The second kappa shape index (κ2) is 13.5. The highest BCUT2D eigenvalue weighted by molar-refractivity contribution is 7.81. The monoisotopic (exact) mass is 322 g/mol. The maximum Gasteiger partial charge on any atom is 0.400 e. The van der Waals surface area contributed by atoms with Crippen LogP contribution < -0.4 is 0 Å². The molecule has 128 valence electrons. The van der Waals surface area contributed by atoms with Gasteiger partial charge in [-0.1, -0.05) is 71.6 Å². The molecule has 21 heavy (non-hydrogen) atoms. The quantitative estimate of drug-likeness (QED) is 0.399. The van der Waals surface area contributed by atoms with E-state index in [-0.39, 0.29) is 12.7 Å². The molecule has 0 spiro atoms. The van der Waals surface area contributed by atoms with Crippen molar-refractivity contribution < 1.29 is 16.8 Å². The van der Waals surface area contributed by atoms with Crippen LogP contribution in [0.3, 0.4) is 0 Å². The maximum atomic E-state index is 11.6. The first-order valence-electron chi connectivity index (χ1n) is 8.59. The van der Waals surface area contributed by atoms with Crippen LogP contribution in [-0.4, -0.2) is 21.1 Å². The molecule has 0 aliphatic heterocycles. The summed E-state index contributed by atoms with van der Waals surface area (Å²) in [7, 11) is -3.82. The lowest BCUT2D eigenvalue weighted by Crippen LogP contribution is -2.18. The SMILES string of the molecule is CCCCCCCCCCOS(=O)(=O)OC(C)CCCC. The third-order valence-corrected chi connectivity index (χ3v) is 4.49. The van der Waals surface area contributed by atoms with Gasteiger partial charge in [0.25, 0.3) is 0 Å². The maximum absolute atomic E-state index is 11.6. The topological polar surface area (TPSA) is 52.6 Å². The molecule has 0 rings (SSSR count). The van der Waals surface area contributed by atoms with Gasteiger partial charge in [-0.3, -0.25) is 0 Å². The Balaban J connectivity index is 3.53. The Morgan fingerprint density at radius 3 is 1.90 bits per heavy atom. The zero-order valence-corrected chi connectivity index (χ0v) is 14.9. The molecule has 0 N–H and O–H groups in total. The van der Waals surface area contributed by atoms with Gasteiger partial charge < -0.3 is 0 Å². The first-order chi connectivity index (χ1) is 10.0. The van der Waals surface area contributed by atoms with Crippen LogP contribution >= 0.6 is 0 Å². The van der Waals surface area contributed by atoms with Crippen molar-refractivity contribution >= 4 is 10.4 Å². The Morgan fingerprint density at radius 2 is 1.33 bits per heavy atom. The molecule has 0 radical (unpaired) electrons. The third-order valence-electron chi connectivity index (χ3n) is 3.47. The van der Waals surface area contributed by atoms with Crippen molar-refractivity contribution in [2.75, 3.05) is 6.61 Å². The van der Waals surface area contributed by atoms with Crippen molar-refractivity contribution in [3.8, 4) is 0 Å². The van der Waals surface area contributed by atoms with Gasteiger partial charge in [0.1, 0.15) is 0 Å². The van der Waals surface area contributed by atoms with E-state index in [0.29, 0.717) is 0 Å². The lowest BCUT2D eigenvalue weighted by molar-refractivity contribution is 0.158. The van der Waals surface area contributed by atoms with Gasteiger partial charge in [-0.25, -0.2) is 8.37 Å². The van der Waals surface area contributed by atoms with Crippen LogP contribution in [0.25, 0.3) is 0 Å². The van der Waals surface area contributed by atoms with Gasteiger partial charge in [0, 0.05) is 0 Å². The Labute approximate surface area is 131 Å². The van der Waals surface area contributed by atoms with Gasteiger partial charge in [0.05, 0.1) is 12.7 Å². The molecule has 0 bridgehead atoms. The van der Waals surface area contributed by atoms with Crippen LogP contribution in [0, 0.1) is 0 Å². The molecule has 4 nitrogen and oxygen atoms in total. The van der Waals surface area contributed by atoms with Crippen LogP contribution in [0.2, 0.25) is 0 Å². The van der Waals surface area contributed by atoms with E-state index in [4.69, 9.17) is 8.37 Å². The van der Waals surface area contributed by atoms with Crippen LogP contribution in [0.15, 0.2) is 0 Å². The van der Waals surface area contributed by atoms with E-state index >= 15 is 0 Å². The third kappa shape index (κ3) is 14.6. The number of unbranched alkanes of at least 4 members (excludes halogenated alkanes) is 8. The second-order valence-corrected chi connectivity index (χ2v) is 7.00. The minimum Gasteiger partial charge on any atom is -0.248 e. The summed E-state index contributed by atoms with van der Waals surface area (Å²) in [6.07, 6.45) is 11.8. The van der Waals surface area contributed by atoms with E-state index in [1.54, 1.807) is 6.92 Å². The predicted molar refractivity (Wildman–Crippen MR) is 87.6 cm³/mol. The average Bonchev–Trinajstić information content (AvgIpc) is 2.42. The second-order valence-electron chi connectivity index (χ2n) is 5.75. The highest BCUT2D eigenvalue weighted by Crippen LogP contribution is 2.11. The smallest absolute Gasteiger partial charge is 0.248 e. The Kier molecular flexibility index (Phi) is 13.4. The summed E-state index contributed by atoms with van der Waals surface area (Å²) in [6.45, 7) is 6.29. The lowest BCUT2D eigenvalue weighted by Gasteiger charge is -2.12. The molecule has 0 aromatic rings. The van der Waals surface area contributed by atoms with E-state index in [9.17, 15) is 8.42 Å². The van der Waals surface area contributed by atoms with Crippen LogP contribution in [0.4, 0.5) is 0 Å². The molecule has 0 aliphatic carbocycles. The molecule has 5 heteroatoms. The van der Waals surface area contributed by atoms with Gasteiger partial charge in [-0.15, -0.1) is 0 Å². The average molecular weight is 323 g/mol. The Hall–Kier alpha value is -0.130. The minimum atomic E-state index is -3.82. The van der Waals surface area contributed by atoms with Gasteiger partial charge in [-0.2, -0.15) is 8.42 Å². The molecule has 0 aromatic heterocycles. The van der Waals surface area contributed by atoms with Crippen molar-refractivity contribution in [3.05, 3.63) is 0 Å². The minimum absolute atomic E-state index is 0.234. The fraction of sp³-hybridized carbons (Fsp3) is 1.00. The number of rotatable bonds is 15. The molecular formula is C16H34O4S. The predicted octanol–water partition coefficient (Wildman–Crippen LogP) is 4.98. The van der Waals surface area contributed by atoms with Gasteiger partial charge in [0.2, 0.25) is 0 Å². The zero-order chi connectivity index (χ0) is 16.0. The van der Waals surface area contributed by atoms with E-state index in [2.05, 4.69) is 13.8 Å². The Bertz CT molecular complexity index is 314. The molecule has 0 fully saturated rings. The first kappa shape index (κ1) is 20.9. The molecule has 1 unspecified atom stereocenters. The van der Waals surface area contributed by atoms with Gasteiger partial charge in [-0.05, 0) is 19.8 Å². The highest BCUT2D eigenvalue weighted by atomic mass is 32.3. The lowest BCUT2D eigenvalue weighted by atomic mass is 10.1. The molecular weight excluding hydrogens is 288 g/mol. The summed E-state index contributed by atoms with van der Waals surface area (Å²) in [6, 6.07) is 0. The van der Waals surface area contributed by atoms with Crippen LogP contribution in [0.1, 0.15) is 91.4 Å². The molecule has 0 aromatic carbocycles. The molecule has 0 saturated carbocycles. The van der Waals surface area contributed by atoms with Crippen molar-refractivity contribution in [2.24, 2.45) is 0 Å². The summed E-state index contributed by atoms with van der Waals surface area (Å²) < 4.78 is 33.0. The summed E-state index contributed by atoms with van der Waals surface area (Å²) in [5.41, 5.74) is 0. The van der Waals surface area contributed by atoms with Gasteiger partial charge >= 0.3 is 10.4 Å². The van der Waals surface area contributed by atoms with Crippen molar-refractivity contribution in [1.82, 2.24) is 0 Å². The normalized spacial score (nSPS) is 13.5. The largest absolute Gasteiger partial charge is 0.400 e. The van der Waals surface area contributed by atoms with Crippen LogP contribution in [0.5, 0.6) is 0 Å². The van der Waals surface area contributed by atoms with Crippen molar-refractivity contribution in [2.45, 2.75) is 97.5 Å². The van der Waals surface area contributed by atoms with Crippen LogP contribution in [-0.2, 0) is 18.8 Å². The van der Waals surface area contributed by atoms with E-state index < -0.39 is 10.4 Å². The first-order valence-corrected chi connectivity index (χ1v) is 9.92. The summed E-state index contributed by atoms with van der Waals surface area (Å²) in [4.78, 5) is 0. The van der Waals surface area contributed by atoms with E-state index in [1.165, 1.54) is 32.1 Å². The molecule has 0 heterocycles.